The number of benzene rings is 1. The standard InChI is InChI=1S/C19H20N2O4S/c1-11(2)13-5-7-14(8-6-13)25-10-16(22)21-18-15(9-20)12(3)17(26-18)19(23)24-4/h5-8,11H,10H2,1-4H3,(H,21,22). The number of thiophene rings is 1. The molecular weight excluding hydrogens is 352 g/mol. The van der Waals surface area contributed by atoms with Crippen molar-refractivity contribution in [3.63, 3.8) is 0 Å². The Morgan fingerprint density at radius 2 is 1.92 bits per heavy atom. The highest BCUT2D eigenvalue weighted by Gasteiger charge is 2.21. The average Bonchev–Trinajstić information content (AvgIpc) is 2.94. The van der Waals surface area contributed by atoms with Crippen LogP contribution in [-0.4, -0.2) is 25.6 Å². The summed E-state index contributed by atoms with van der Waals surface area (Å²) in [6.45, 7) is 5.64. The van der Waals surface area contributed by atoms with Gasteiger partial charge in [0.05, 0.1) is 12.7 Å². The first-order chi connectivity index (χ1) is 12.4. The summed E-state index contributed by atoms with van der Waals surface area (Å²) in [4.78, 5) is 24.2. The Labute approximate surface area is 156 Å². The van der Waals surface area contributed by atoms with Gasteiger partial charge in [-0.15, -0.1) is 11.3 Å². The van der Waals surface area contributed by atoms with Gasteiger partial charge in [0.15, 0.2) is 6.61 Å². The molecule has 26 heavy (non-hydrogen) atoms. The van der Waals surface area contributed by atoms with Crippen LogP contribution in [0.15, 0.2) is 24.3 Å². The zero-order chi connectivity index (χ0) is 19.3. The first-order valence-electron chi connectivity index (χ1n) is 8.01. The van der Waals surface area contributed by atoms with Gasteiger partial charge in [0.1, 0.15) is 21.7 Å². The highest BCUT2D eigenvalue weighted by Crippen LogP contribution is 2.32. The molecule has 1 amide bonds. The van der Waals surface area contributed by atoms with Gasteiger partial charge in [0.2, 0.25) is 0 Å². The molecule has 1 aromatic carbocycles. The molecule has 136 valence electrons. The van der Waals surface area contributed by atoms with Crippen molar-refractivity contribution >= 4 is 28.2 Å². The number of esters is 1. The van der Waals surface area contributed by atoms with Gasteiger partial charge in [0.25, 0.3) is 5.91 Å². The lowest BCUT2D eigenvalue weighted by molar-refractivity contribution is -0.118. The number of hydrogen-bond acceptors (Lipinski definition) is 6. The first-order valence-corrected chi connectivity index (χ1v) is 8.83. The molecule has 0 aliphatic carbocycles. The van der Waals surface area contributed by atoms with Crippen molar-refractivity contribution in [2.24, 2.45) is 0 Å². The van der Waals surface area contributed by atoms with E-state index < -0.39 is 11.9 Å². The van der Waals surface area contributed by atoms with Gasteiger partial charge in [-0.2, -0.15) is 5.26 Å². The third-order valence-corrected chi connectivity index (χ3v) is 4.99. The molecule has 0 radical (unpaired) electrons. The van der Waals surface area contributed by atoms with E-state index in [1.807, 2.05) is 30.3 Å². The number of nitriles is 1. The van der Waals surface area contributed by atoms with Gasteiger partial charge in [-0.05, 0) is 36.1 Å². The molecule has 1 aromatic heterocycles. The maximum absolute atomic E-state index is 12.1. The number of nitrogens with one attached hydrogen (secondary N) is 1. The minimum absolute atomic E-state index is 0.198. The predicted molar refractivity (Wildman–Crippen MR) is 99.8 cm³/mol. The second-order valence-electron chi connectivity index (χ2n) is 5.92. The molecular formula is C19H20N2O4S. The zero-order valence-electron chi connectivity index (χ0n) is 15.1. The summed E-state index contributed by atoms with van der Waals surface area (Å²) in [7, 11) is 1.27. The molecule has 2 aromatic rings. The molecule has 0 saturated heterocycles. The molecule has 2 rings (SSSR count). The number of ether oxygens (including phenoxy) is 2. The van der Waals surface area contributed by atoms with Crippen LogP contribution in [0.25, 0.3) is 0 Å². The zero-order valence-corrected chi connectivity index (χ0v) is 15.9. The molecule has 6 nitrogen and oxygen atoms in total. The highest BCUT2D eigenvalue weighted by atomic mass is 32.1. The Bertz CT molecular complexity index is 848. The van der Waals surface area contributed by atoms with E-state index >= 15 is 0 Å². The fourth-order valence-electron chi connectivity index (χ4n) is 2.28. The van der Waals surface area contributed by atoms with E-state index in [0.717, 1.165) is 11.3 Å². The molecule has 0 spiro atoms. The van der Waals surface area contributed by atoms with Crippen molar-refractivity contribution < 1.29 is 19.1 Å². The Morgan fingerprint density at radius 1 is 1.27 bits per heavy atom. The molecule has 0 aliphatic rings. The highest BCUT2D eigenvalue weighted by molar-refractivity contribution is 7.18. The monoisotopic (exact) mass is 372 g/mol. The van der Waals surface area contributed by atoms with E-state index in [0.29, 0.717) is 27.1 Å². The van der Waals surface area contributed by atoms with Crippen molar-refractivity contribution in [1.29, 1.82) is 5.26 Å². The van der Waals surface area contributed by atoms with Gasteiger partial charge < -0.3 is 14.8 Å². The van der Waals surface area contributed by atoms with Crippen LogP contribution in [-0.2, 0) is 9.53 Å². The van der Waals surface area contributed by atoms with Crippen LogP contribution in [0, 0.1) is 18.3 Å². The van der Waals surface area contributed by atoms with E-state index in [4.69, 9.17) is 9.47 Å². The fraction of sp³-hybridized carbons (Fsp3) is 0.316. The Hall–Kier alpha value is -2.85. The smallest absolute Gasteiger partial charge is 0.348 e. The Kier molecular flexibility index (Phi) is 6.36. The molecule has 0 saturated carbocycles. The van der Waals surface area contributed by atoms with Crippen LogP contribution in [0.5, 0.6) is 5.75 Å². The van der Waals surface area contributed by atoms with E-state index in [2.05, 4.69) is 19.2 Å². The topological polar surface area (TPSA) is 88.4 Å². The number of carbonyl (C=O) groups is 2. The van der Waals surface area contributed by atoms with Crippen LogP contribution in [0.1, 0.15) is 46.1 Å². The molecule has 1 N–H and O–H groups in total. The summed E-state index contributed by atoms with van der Waals surface area (Å²) in [6.07, 6.45) is 0. The van der Waals surface area contributed by atoms with Crippen LogP contribution in [0.2, 0.25) is 0 Å². The van der Waals surface area contributed by atoms with Crippen molar-refractivity contribution in [1.82, 2.24) is 0 Å². The number of hydrogen-bond donors (Lipinski definition) is 1. The van der Waals surface area contributed by atoms with Crippen LogP contribution >= 0.6 is 11.3 Å². The Morgan fingerprint density at radius 3 is 2.46 bits per heavy atom. The summed E-state index contributed by atoms with van der Waals surface area (Å²) >= 11 is 1.01. The van der Waals surface area contributed by atoms with Crippen LogP contribution in [0.4, 0.5) is 5.00 Å². The second kappa shape index (κ2) is 8.50. The van der Waals surface area contributed by atoms with E-state index in [9.17, 15) is 14.9 Å². The molecule has 0 unspecified atom stereocenters. The van der Waals surface area contributed by atoms with Crippen molar-refractivity contribution in [2.75, 3.05) is 19.0 Å². The predicted octanol–water partition coefficient (Wildman–Crippen LogP) is 3.86. The summed E-state index contributed by atoms with van der Waals surface area (Å²) in [5.41, 5.74) is 1.93. The summed E-state index contributed by atoms with van der Waals surface area (Å²) in [5.74, 6) is 0.0589. The fourth-order valence-corrected chi connectivity index (χ4v) is 3.38. The van der Waals surface area contributed by atoms with Crippen molar-refractivity contribution in [3.05, 3.63) is 45.8 Å². The van der Waals surface area contributed by atoms with Gasteiger partial charge in [-0.1, -0.05) is 26.0 Å². The summed E-state index contributed by atoms with van der Waals surface area (Å²) in [6, 6.07) is 9.54. The normalized spacial score (nSPS) is 10.3. The van der Waals surface area contributed by atoms with Gasteiger partial charge in [-0.3, -0.25) is 4.79 Å². The average molecular weight is 372 g/mol. The first kappa shape index (κ1) is 19.5. The van der Waals surface area contributed by atoms with Gasteiger partial charge in [-0.25, -0.2) is 4.79 Å². The molecule has 1 heterocycles. The van der Waals surface area contributed by atoms with E-state index in [-0.39, 0.29) is 12.2 Å². The van der Waals surface area contributed by atoms with E-state index in [1.165, 1.54) is 12.7 Å². The lowest BCUT2D eigenvalue weighted by Gasteiger charge is -2.09. The lowest BCUT2D eigenvalue weighted by atomic mass is 10.0. The van der Waals surface area contributed by atoms with Gasteiger partial charge in [0, 0.05) is 0 Å². The minimum Gasteiger partial charge on any atom is -0.484 e. The number of amides is 1. The van der Waals surface area contributed by atoms with Gasteiger partial charge >= 0.3 is 5.97 Å². The van der Waals surface area contributed by atoms with Crippen molar-refractivity contribution in [2.45, 2.75) is 26.7 Å². The van der Waals surface area contributed by atoms with Crippen LogP contribution in [0.3, 0.4) is 0 Å². The summed E-state index contributed by atoms with van der Waals surface area (Å²) < 4.78 is 10.2. The minimum atomic E-state index is -0.536. The molecule has 0 bridgehead atoms. The Balaban J connectivity index is 2.04. The molecule has 7 heteroatoms. The third-order valence-electron chi connectivity index (χ3n) is 3.80. The number of nitrogens with zero attached hydrogens (tertiary/aromatic N) is 1. The lowest BCUT2D eigenvalue weighted by Crippen LogP contribution is -2.20. The number of carbonyl (C=O) groups excluding carboxylic acids is 2. The number of anilines is 1. The largest absolute Gasteiger partial charge is 0.484 e. The molecule has 0 atom stereocenters. The molecule has 0 fully saturated rings. The summed E-state index contributed by atoms with van der Waals surface area (Å²) in [5, 5.41) is 12.2. The maximum Gasteiger partial charge on any atom is 0.348 e. The quantitative estimate of drug-likeness (QED) is 0.778. The number of methoxy groups -OCH3 is 1. The second-order valence-corrected chi connectivity index (χ2v) is 6.94. The SMILES string of the molecule is COC(=O)c1sc(NC(=O)COc2ccc(C(C)C)cc2)c(C#N)c1C. The van der Waals surface area contributed by atoms with Crippen molar-refractivity contribution in [3.8, 4) is 11.8 Å². The third kappa shape index (κ3) is 4.41. The number of rotatable bonds is 6. The molecule has 0 aliphatic heterocycles. The van der Waals surface area contributed by atoms with E-state index in [1.54, 1.807) is 6.92 Å². The van der Waals surface area contributed by atoms with Crippen LogP contribution < -0.4 is 10.1 Å². The maximum atomic E-state index is 12.1.